The average molecular weight is 197 g/mol. The van der Waals surface area contributed by atoms with Crippen molar-refractivity contribution in [3.05, 3.63) is 0 Å². The van der Waals surface area contributed by atoms with Gasteiger partial charge in [0.25, 0.3) is 0 Å². The summed E-state index contributed by atoms with van der Waals surface area (Å²) in [6, 6.07) is 0. The standard InChI is InChI=1S/C7H14O3.V/c1-4-7(5-2,10-3)6(8)9;/h4-5H2,1-3H3,(H,8,9);. The van der Waals surface area contributed by atoms with Gasteiger partial charge in [0, 0.05) is 25.7 Å². The average Bonchev–Trinajstić information content (AvgIpc) is 1.92. The molecule has 0 amide bonds. The van der Waals surface area contributed by atoms with Gasteiger partial charge in [0.1, 0.15) is 0 Å². The van der Waals surface area contributed by atoms with Crippen LogP contribution < -0.4 is 0 Å². The van der Waals surface area contributed by atoms with Crippen molar-refractivity contribution in [2.24, 2.45) is 0 Å². The first-order valence-electron chi connectivity index (χ1n) is 3.41. The van der Waals surface area contributed by atoms with Crippen LogP contribution in [0, 0.1) is 0 Å². The number of rotatable bonds is 4. The number of carboxylic acid groups (broad SMARTS) is 1. The summed E-state index contributed by atoms with van der Waals surface area (Å²) in [6.07, 6.45) is 1.02. The van der Waals surface area contributed by atoms with Crippen molar-refractivity contribution in [1.82, 2.24) is 0 Å². The molecule has 0 saturated carbocycles. The van der Waals surface area contributed by atoms with E-state index < -0.39 is 11.6 Å². The van der Waals surface area contributed by atoms with Gasteiger partial charge in [-0.15, -0.1) is 0 Å². The number of hydrogen-bond acceptors (Lipinski definition) is 2. The van der Waals surface area contributed by atoms with Crippen LogP contribution in [0.25, 0.3) is 0 Å². The predicted molar refractivity (Wildman–Crippen MR) is 38.0 cm³/mol. The Labute approximate surface area is 79.0 Å². The molecule has 0 heterocycles. The van der Waals surface area contributed by atoms with Gasteiger partial charge in [-0.2, -0.15) is 0 Å². The van der Waals surface area contributed by atoms with Crippen LogP contribution in [0.15, 0.2) is 0 Å². The van der Waals surface area contributed by atoms with E-state index in [1.807, 2.05) is 0 Å². The largest absolute Gasteiger partial charge is 0.479 e. The third-order valence-electron chi connectivity index (χ3n) is 1.92. The molecule has 1 radical (unpaired) electrons. The second kappa shape index (κ2) is 5.64. The molecule has 4 heteroatoms. The van der Waals surface area contributed by atoms with Crippen molar-refractivity contribution in [2.75, 3.05) is 7.11 Å². The van der Waals surface area contributed by atoms with Gasteiger partial charge >= 0.3 is 5.97 Å². The van der Waals surface area contributed by atoms with Crippen molar-refractivity contribution in [3.63, 3.8) is 0 Å². The fourth-order valence-electron chi connectivity index (χ4n) is 0.928. The third kappa shape index (κ3) is 2.85. The van der Waals surface area contributed by atoms with Crippen molar-refractivity contribution in [2.45, 2.75) is 32.3 Å². The molecule has 0 saturated heterocycles. The van der Waals surface area contributed by atoms with Crippen LogP contribution in [0.5, 0.6) is 0 Å². The summed E-state index contributed by atoms with van der Waals surface area (Å²) in [6.45, 7) is 3.61. The molecule has 0 aliphatic rings. The summed E-state index contributed by atoms with van der Waals surface area (Å²) in [7, 11) is 1.43. The Morgan fingerprint density at radius 3 is 1.82 bits per heavy atom. The monoisotopic (exact) mass is 197 g/mol. The van der Waals surface area contributed by atoms with Gasteiger partial charge in [0.2, 0.25) is 0 Å². The predicted octanol–water partition coefficient (Wildman–Crippen LogP) is 1.27. The van der Waals surface area contributed by atoms with E-state index in [4.69, 9.17) is 9.84 Å². The van der Waals surface area contributed by atoms with Gasteiger partial charge in [-0.3, -0.25) is 0 Å². The maximum absolute atomic E-state index is 10.6. The van der Waals surface area contributed by atoms with Gasteiger partial charge in [-0.1, -0.05) is 13.8 Å². The van der Waals surface area contributed by atoms with Gasteiger partial charge in [0.05, 0.1) is 0 Å². The van der Waals surface area contributed by atoms with E-state index >= 15 is 0 Å². The molecule has 0 aromatic carbocycles. The zero-order valence-corrected chi connectivity index (χ0v) is 8.52. The van der Waals surface area contributed by atoms with Crippen LogP contribution in [0.2, 0.25) is 0 Å². The van der Waals surface area contributed by atoms with E-state index in [2.05, 4.69) is 0 Å². The summed E-state index contributed by atoms with van der Waals surface area (Å²) < 4.78 is 4.90. The van der Waals surface area contributed by atoms with Crippen LogP contribution >= 0.6 is 0 Å². The number of aliphatic carboxylic acids is 1. The minimum atomic E-state index is -0.958. The minimum Gasteiger partial charge on any atom is -0.479 e. The van der Waals surface area contributed by atoms with E-state index in [9.17, 15) is 4.79 Å². The molecule has 0 rings (SSSR count). The Morgan fingerprint density at radius 2 is 1.82 bits per heavy atom. The maximum Gasteiger partial charge on any atom is 0.335 e. The normalized spacial score (nSPS) is 10.5. The van der Waals surface area contributed by atoms with Crippen molar-refractivity contribution >= 4 is 5.97 Å². The van der Waals surface area contributed by atoms with Gasteiger partial charge < -0.3 is 9.84 Å². The van der Waals surface area contributed by atoms with E-state index in [0.717, 1.165) is 0 Å². The van der Waals surface area contributed by atoms with Crippen LogP contribution in [0.1, 0.15) is 26.7 Å². The van der Waals surface area contributed by atoms with Crippen LogP contribution in [-0.4, -0.2) is 23.8 Å². The zero-order valence-electron chi connectivity index (χ0n) is 7.13. The molecular weight excluding hydrogens is 183 g/mol. The molecule has 11 heavy (non-hydrogen) atoms. The molecule has 65 valence electrons. The van der Waals surface area contributed by atoms with Crippen LogP contribution in [-0.2, 0) is 28.1 Å². The first kappa shape index (κ1) is 13.6. The summed E-state index contributed by atoms with van der Waals surface area (Å²) in [5.41, 5.74) is -0.958. The Hall–Kier alpha value is 0.0144. The van der Waals surface area contributed by atoms with Gasteiger partial charge in [-0.25, -0.2) is 4.79 Å². The molecule has 0 aliphatic heterocycles. The van der Waals surface area contributed by atoms with Crippen molar-refractivity contribution in [1.29, 1.82) is 0 Å². The van der Waals surface area contributed by atoms with Crippen LogP contribution in [0.4, 0.5) is 0 Å². The topological polar surface area (TPSA) is 46.5 Å². The van der Waals surface area contributed by atoms with E-state index in [1.165, 1.54) is 7.11 Å². The molecule has 0 atom stereocenters. The molecule has 0 aromatic heterocycles. The number of methoxy groups -OCH3 is 1. The first-order chi connectivity index (χ1) is 4.63. The maximum atomic E-state index is 10.6. The second-order valence-electron chi connectivity index (χ2n) is 2.21. The van der Waals surface area contributed by atoms with E-state index in [0.29, 0.717) is 12.8 Å². The SMILES string of the molecule is CCC(CC)(OC)C(=O)O.[V]. The molecule has 3 nitrogen and oxygen atoms in total. The van der Waals surface area contributed by atoms with Crippen molar-refractivity contribution in [3.8, 4) is 0 Å². The van der Waals surface area contributed by atoms with Crippen LogP contribution in [0.3, 0.4) is 0 Å². The molecule has 0 aromatic rings. The summed E-state index contributed by atoms with van der Waals surface area (Å²) in [4.78, 5) is 10.6. The first-order valence-corrected chi connectivity index (χ1v) is 3.41. The van der Waals surface area contributed by atoms with Gasteiger partial charge in [-0.05, 0) is 12.8 Å². The third-order valence-corrected chi connectivity index (χ3v) is 1.92. The summed E-state index contributed by atoms with van der Waals surface area (Å²) in [5.74, 6) is -0.875. The molecule has 0 aliphatic carbocycles. The molecule has 0 fully saturated rings. The van der Waals surface area contributed by atoms with E-state index in [1.54, 1.807) is 13.8 Å². The van der Waals surface area contributed by atoms with Crippen molar-refractivity contribution < 1.29 is 33.2 Å². The summed E-state index contributed by atoms with van der Waals surface area (Å²) in [5, 5.41) is 8.70. The fourth-order valence-corrected chi connectivity index (χ4v) is 0.928. The Balaban J connectivity index is 0. The zero-order chi connectivity index (χ0) is 8.20. The number of carboxylic acids is 1. The molecular formula is C7H14O3V. The van der Waals surface area contributed by atoms with E-state index in [-0.39, 0.29) is 18.6 Å². The quantitative estimate of drug-likeness (QED) is 0.738. The van der Waals surface area contributed by atoms with Gasteiger partial charge in [0.15, 0.2) is 5.60 Å². The number of hydrogen-bond donors (Lipinski definition) is 1. The minimum absolute atomic E-state index is 0. The summed E-state index contributed by atoms with van der Waals surface area (Å²) >= 11 is 0. The Bertz CT molecular complexity index is 113. The number of ether oxygens (including phenoxy) is 1. The molecule has 0 spiro atoms. The Kier molecular flexibility index (Phi) is 6.97. The fraction of sp³-hybridized carbons (Fsp3) is 0.857. The molecule has 0 bridgehead atoms. The number of carbonyl (C=O) groups is 1. The smallest absolute Gasteiger partial charge is 0.335 e. The molecule has 0 unspecified atom stereocenters. The second-order valence-corrected chi connectivity index (χ2v) is 2.21. The molecule has 1 N–H and O–H groups in total. The Morgan fingerprint density at radius 1 is 1.45 bits per heavy atom.